The minimum atomic E-state index is -1.61. The summed E-state index contributed by atoms with van der Waals surface area (Å²) in [5.74, 6) is 0.0606. The summed E-state index contributed by atoms with van der Waals surface area (Å²) in [6, 6.07) is 1.38. The van der Waals surface area contributed by atoms with Crippen LogP contribution in [0.4, 0.5) is 10.2 Å². The Morgan fingerprint density at radius 3 is 2.94 bits per heavy atom. The second-order valence-electron chi connectivity index (χ2n) is 4.83. The van der Waals surface area contributed by atoms with Crippen LogP contribution >= 0.6 is 0 Å². The van der Waals surface area contributed by atoms with Crippen LogP contribution in [-0.2, 0) is 9.47 Å². The van der Waals surface area contributed by atoms with Crippen molar-refractivity contribution >= 4 is 5.82 Å². The van der Waals surface area contributed by atoms with Gasteiger partial charge in [0.25, 0.3) is 0 Å². The number of nitrogen functional groups attached to an aromatic ring is 1. The lowest BCUT2D eigenvalue weighted by atomic mass is 10.1. The van der Waals surface area contributed by atoms with Gasteiger partial charge in [0.1, 0.15) is 11.9 Å². The lowest BCUT2D eigenvalue weighted by molar-refractivity contribution is -0.154. The monoisotopic (exact) mass is 255 g/mol. The minimum Gasteiger partial charge on any atom is -0.387 e. The molecule has 0 amide bonds. The van der Waals surface area contributed by atoms with Gasteiger partial charge in [0.05, 0.1) is 6.61 Å². The fourth-order valence-electron chi connectivity index (χ4n) is 2.98. The Bertz CT molecular complexity index is 607. The minimum absolute atomic E-state index is 0.0606. The van der Waals surface area contributed by atoms with Crippen molar-refractivity contribution in [2.24, 2.45) is 0 Å². The third-order valence-electron chi connectivity index (χ3n) is 4.07. The van der Waals surface area contributed by atoms with E-state index in [1.54, 1.807) is 0 Å². The molecule has 1 unspecified atom stereocenters. The summed E-state index contributed by atoms with van der Waals surface area (Å²) in [6.07, 6.45) is -2.37. The van der Waals surface area contributed by atoms with Gasteiger partial charge in [0.2, 0.25) is 0 Å². The van der Waals surface area contributed by atoms with E-state index in [9.17, 15) is 14.3 Å². The number of hydrogen-bond acceptors (Lipinski definition) is 6. The molecule has 7 nitrogen and oxygen atoms in total. The highest BCUT2D eigenvalue weighted by Gasteiger charge is 2.95. The van der Waals surface area contributed by atoms with E-state index in [0.29, 0.717) is 0 Å². The Hall–Kier alpha value is -1.51. The number of nitrogens with zero attached hydrogens (tertiary/aromatic N) is 2. The number of nitrogens with two attached hydrogens (primary N) is 1. The summed E-state index contributed by atoms with van der Waals surface area (Å²) in [5.41, 5.74) is 2.39. The normalized spacial score (nSPS) is 48.2. The summed E-state index contributed by atoms with van der Waals surface area (Å²) < 4.78 is 25.9. The standard InChI is InChI=1S/C10H10FN3O4/c11-5-6(14-2-1-4(12)13-8(14)16)18-9-3-17-10(5,9)7(9)15/h1-2,5-7,15H,3H2,(H2,12,13,16)/t5-,6+,7?,9+,10+/m0/s1. The molecule has 1 aliphatic carbocycles. The number of aliphatic hydroxyl groups excluding tert-OH is 1. The number of hydrogen-bond donors (Lipinski definition) is 2. The molecule has 0 spiro atoms. The third kappa shape index (κ3) is 0.826. The zero-order valence-electron chi connectivity index (χ0n) is 9.12. The number of alkyl halides is 1. The zero-order valence-corrected chi connectivity index (χ0v) is 9.12. The first-order chi connectivity index (χ1) is 8.53. The number of rotatable bonds is 1. The highest BCUT2D eigenvalue weighted by Crippen LogP contribution is 2.71. The van der Waals surface area contributed by atoms with Crippen molar-refractivity contribution in [3.8, 4) is 0 Å². The molecular weight excluding hydrogens is 245 g/mol. The zero-order chi connectivity index (χ0) is 12.7. The van der Waals surface area contributed by atoms with Gasteiger partial charge in [-0.15, -0.1) is 0 Å². The van der Waals surface area contributed by atoms with Gasteiger partial charge in [-0.05, 0) is 6.07 Å². The molecule has 3 heterocycles. The van der Waals surface area contributed by atoms with Crippen LogP contribution in [-0.4, -0.2) is 44.7 Å². The Labute approximate surface area is 99.9 Å². The molecule has 0 aromatic carbocycles. The molecule has 1 aromatic rings. The van der Waals surface area contributed by atoms with Gasteiger partial charge in [0, 0.05) is 6.20 Å². The Morgan fingerprint density at radius 1 is 1.67 bits per heavy atom. The Kier molecular flexibility index (Phi) is 1.58. The molecular formula is C10H10FN3O4. The predicted molar refractivity (Wildman–Crippen MR) is 55.3 cm³/mol. The Morgan fingerprint density at radius 2 is 2.44 bits per heavy atom. The summed E-state index contributed by atoms with van der Waals surface area (Å²) in [6.45, 7) is 0.141. The van der Waals surface area contributed by atoms with Gasteiger partial charge >= 0.3 is 5.69 Å². The lowest BCUT2D eigenvalue weighted by Crippen LogP contribution is -2.45. The van der Waals surface area contributed by atoms with Crippen LogP contribution in [0.2, 0.25) is 0 Å². The van der Waals surface area contributed by atoms with Gasteiger partial charge in [-0.25, -0.2) is 9.18 Å². The molecule has 8 heteroatoms. The molecule has 3 fully saturated rings. The van der Waals surface area contributed by atoms with Gasteiger partial charge in [-0.2, -0.15) is 4.98 Å². The molecule has 2 aliphatic heterocycles. The van der Waals surface area contributed by atoms with E-state index in [2.05, 4.69) is 4.98 Å². The number of anilines is 1. The molecule has 3 aliphatic rings. The first kappa shape index (κ1) is 10.4. The maximum atomic E-state index is 14.3. The molecule has 0 bridgehead atoms. The van der Waals surface area contributed by atoms with Crippen LogP contribution in [0.25, 0.3) is 0 Å². The highest BCUT2D eigenvalue weighted by molar-refractivity contribution is 5.42. The first-order valence-corrected chi connectivity index (χ1v) is 5.51. The average Bonchev–Trinajstić information content (AvgIpc) is 2.55. The second kappa shape index (κ2) is 2.73. The van der Waals surface area contributed by atoms with Crippen molar-refractivity contribution in [3.05, 3.63) is 22.7 Å². The first-order valence-electron chi connectivity index (χ1n) is 5.51. The van der Waals surface area contributed by atoms with Crippen LogP contribution in [0, 0.1) is 0 Å². The van der Waals surface area contributed by atoms with E-state index in [-0.39, 0.29) is 12.4 Å². The number of halogens is 1. The molecule has 2 saturated heterocycles. The van der Waals surface area contributed by atoms with Crippen molar-refractivity contribution in [3.63, 3.8) is 0 Å². The quantitative estimate of drug-likeness (QED) is 0.638. The molecule has 3 N–H and O–H groups in total. The average molecular weight is 255 g/mol. The summed E-state index contributed by atoms with van der Waals surface area (Å²) in [4.78, 5) is 15.1. The molecule has 1 saturated carbocycles. The second-order valence-corrected chi connectivity index (χ2v) is 4.83. The molecule has 1 aromatic heterocycles. The van der Waals surface area contributed by atoms with Gasteiger partial charge in [-0.3, -0.25) is 4.57 Å². The van der Waals surface area contributed by atoms with E-state index in [1.807, 2.05) is 0 Å². The maximum Gasteiger partial charge on any atom is 0.351 e. The van der Waals surface area contributed by atoms with Crippen molar-refractivity contribution in [2.45, 2.75) is 29.7 Å². The van der Waals surface area contributed by atoms with E-state index in [0.717, 1.165) is 4.57 Å². The van der Waals surface area contributed by atoms with E-state index >= 15 is 0 Å². The van der Waals surface area contributed by atoms with Crippen LogP contribution in [0.5, 0.6) is 0 Å². The maximum absolute atomic E-state index is 14.3. The number of aromatic nitrogens is 2. The van der Waals surface area contributed by atoms with E-state index < -0.39 is 35.4 Å². The lowest BCUT2D eigenvalue weighted by Gasteiger charge is -2.26. The highest BCUT2D eigenvalue weighted by atomic mass is 19.1. The summed E-state index contributed by atoms with van der Waals surface area (Å²) in [7, 11) is 0. The topological polar surface area (TPSA) is 99.6 Å². The van der Waals surface area contributed by atoms with Crippen LogP contribution < -0.4 is 11.4 Å². The van der Waals surface area contributed by atoms with Crippen LogP contribution in [0.1, 0.15) is 6.23 Å². The van der Waals surface area contributed by atoms with Gasteiger partial charge < -0.3 is 20.3 Å². The fourth-order valence-corrected chi connectivity index (χ4v) is 2.98. The van der Waals surface area contributed by atoms with Crippen molar-refractivity contribution in [1.29, 1.82) is 0 Å². The van der Waals surface area contributed by atoms with E-state index in [4.69, 9.17) is 15.2 Å². The van der Waals surface area contributed by atoms with Crippen molar-refractivity contribution in [2.75, 3.05) is 12.3 Å². The van der Waals surface area contributed by atoms with Crippen molar-refractivity contribution in [1.82, 2.24) is 9.55 Å². The third-order valence-corrected chi connectivity index (χ3v) is 4.07. The Balaban J connectivity index is 1.75. The van der Waals surface area contributed by atoms with Crippen LogP contribution in [0.3, 0.4) is 0 Å². The molecule has 0 radical (unpaired) electrons. The smallest absolute Gasteiger partial charge is 0.351 e. The summed E-state index contributed by atoms with van der Waals surface area (Å²) >= 11 is 0. The molecule has 96 valence electrons. The van der Waals surface area contributed by atoms with E-state index in [1.165, 1.54) is 12.3 Å². The summed E-state index contributed by atoms with van der Waals surface area (Å²) in [5, 5.41) is 9.66. The number of ether oxygens (including phenoxy) is 2. The molecule has 5 atom stereocenters. The largest absolute Gasteiger partial charge is 0.387 e. The predicted octanol–water partition coefficient (Wildman–Crippen LogP) is -1.43. The fraction of sp³-hybridized carbons (Fsp3) is 0.600. The SMILES string of the molecule is Nc1ccn([C@@H]2O[C@@]34CO[C@@]3(C4O)[C@H]2F)c(=O)n1. The van der Waals surface area contributed by atoms with Crippen molar-refractivity contribution < 1.29 is 19.0 Å². The number of aliphatic hydroxyl groups is 1. The molecule has 4 rings (SSSR count). The van der Waals surface area contributed by atoms with Crippen LogP contribution in [0.15, 0.2) is 17.1 Å². The molecule has 18 heavy (non-hydrogen) atoms. The van der Waals surface area contributed by atoms with Gasteiger partial charge in [-0.1, -0.05) is 0 Å². The van der Waals surface area contributed by atoms with Gasteiger partial charge in [0.15, 0.2) is 23.6 Å².